The Morgan fingerprint density at radius 2 is 2.35 bits per heavy atom. The number of rotatable bonds is 4. The van der Waals surface area contributed by atoms with Gasteiger partial charge in [0.15, 0.2) is 0 Å². The van der Waals surface area contributed by atoms with Crippen LogP contribution in [-0.4, -0.2) is 33.4 Å². The second-order valence-electron chi connectivity index (χ2n) is 3.24. The number of aromatic amines is 1. The number of hydrogen-bond acceptors (Lipinski definition) is 5. The van der Waals surface area contributed by atoms with Crippen LogP contribution < -0.4 is 0 Å². The average Bonchev–Trinajstić information content (AvgIpc) is 2.82. The Morgan fingerprint density at radius 1 is 1.53 bits per heavy atom. The number of esters is 1. The second-order valence-corrected chi connectivity index (χ2v) is 3.57. The van der Waals surface area contributed by atoms with Crippen molar-refractivity contribution in [3.63, 3.8) is 0 Å². The summed E-state index contributed by atoms with van der Waals surface area (Å²) >= 11 is 4.58. The van der Waals surface area contributed by atoms with Gasteiger partial charge in [-0.05, 0) is 6.07 Å². The van der Waals surface area contributed by atoms with E-state index >= 15 is 0 Å². The van der Waals surface area contributed by atoms with E-state index in [1.807, 2.05) is 0 Å². The van der Waals surface area contributed by atoms with E-state index in [9.17, 15) is 4.79 Å². The fourth-order valence-electron chi connectivity index (χ4n) is 1.42. The van der Waals surface area contributed by atoms with Crippen LogP contribution in [0.15, 0.2) is 24.8 Å². The van der Waals surface area contributed by atoms with Crippen LogP contribution in [0.3, 0.4) is 0 Å². The molecule has 1 heterocycles. The summed E-state index contributed by atoms with van der Waals surface area (Å²) < 4.78 is 4.88. The van der Waals surface area contributed by atoms with Gasteiger partial charge in [-0.2, -0.15) is 15.4 Å². The zero-order valence-corrected chi connectivity index (χ0v) is 9.66. The van der Waals surface area contributed by atoms with Crippen molar-refractivity contribution in [3.8, 4) is 0 Å². The van der Waals surface area contributed by atoms with Crippen LogP contribution in [0.25, 0.3) is 16.6 Å². The fraction of sp³-hybridized carbons (Fsp3) is 0.0909. The quantitative estimate of drug-likeness (QED) is 0.504. The van der Waals surface area contributed by atoms with Gasteiger partial charge in [0.05, 0.1) is 5.57 Å². The molecule has 0 unspecified atom stereocenters. The number of nitrogens with one attached hydrogen (secondary N) is 1. The number of carbonyl (C=O) groups is 1. The van der Waals surface area contributed by atoms with E-state index in [1.165, 1.54) is 5.37 Å². The molecule has 2 rings (SSSR count). The van der Waals surface area contributed by atoms with Crippen molar-refractivity contribution < 1.29 is 9.53 Å². The van der Waals surface area contributed by atoms with Crippen molar-refractivity contribution in [2.75, 3.05) is 6.61 Å². The van der Waals surface area contributed by atoms with Gasteiger partial charge in [-0.3, -0.25) is 0 Å². The SMILES string of the molecule is C=C(C(=O)OCC=S)c1cccc2n[nH]nc12. The summed E-state index contributed by atoms with van der Waals surface area (Å²) in [6.07, 6.45) is 0. The molecule has 0 saturated carbocycles. The molecule has 0 aliphatic heterocycles. The van der Waals surface area contributed by atoms with Gasteiger partial charge in [0.1, 0.15) is 17.6 Å². The maximum Gasteiger partial charge on any atom is 0.338 e. The molecule has 0 spiro atoms. The van der Waals surface area contributed by atoms with Crippen LogP contribution in [0, 0.1) is 0 Å². The monoisotopic (exact) mass is 247 g/mol. The number of nitrogens with zero attached hydrogens (tertiary/aromatic N) is 2. The van der Waals surface area contributed by atoms with Gasteiger partial charge in [0.25, 0.3) is 0 Å². The van der Waals surface area contributed by atoms with Gasteiger partial charge in [-0.15, -0.1) is 0 Å². The van der Waals surface area contributed by atoms with Crippen LogP contribution in [0.1, 0.15) is 5.56 Å². The summed E-state index contributed by atoms with van der Waals surface area (Å²) in [7, 11) is 0. The molecule has 2 aromatic rings. The summed E-state index contributed by atoms with van der Waals surface area (Å²) in [6.45, 7) is 3.79. The molecule has 0 amide bonds. The predicted molar refractivity (Wildman–Crippen MR) is 67.5 cm³/mol. The Labute approximate surface area is 102 Å². The molecule has 0 radical (unpaired) electrons. The minimum absolute atomic E-state index is 0.0853. The fourth-order valence-corrected chi connectivity index (χ4v) is 1.49. The lowest BCUT2D eigenvalue weighted by Gasteiger charge is -2.05. The van der Waals surface area contributed by atoms with Crippen LogP contribution in [0.5, 0.6) is 0 Å². The van der Waals surface area contributed by atoms with E-state index in [-0.39, 0.29) is 12.2 Å². The summed E-state index contributed by atoms with van der Waals surface area (Å²) in [4.78, 5) is 11.6. The highest BCUT2D eigenvalue weighted by atomic mass is 32.1. The Hall–Kier alpha value is -2.08. The van der Waals surface area contributed by atoms with Gasteiger partial charge in [0.2, 0.25) is 0 Å². The first kappa shape index (κ1) is 11.4. The molecule has 86 valence electrons. The third kappa shape index (κ3) is 2.21. The predicted octanol–water partition coefficient (Wildman–Crippen LogP) is 1.51. The van der Waals surface area contributed by atoms with E-state index < -0.39 is 5.97 Å². The van der Waals surface area contributed by atoms with Crippen LogP contribution in [0.4, 0.5) is 0 Å². The zero-order valence-electron chi connectivity index (χ0n) is 8.84. The number of hydrogen-bond donors (Lipinski definition) is 1. The first-order chi connectivity index (χ1) is 8.24. The molecule has 0 aliphatic carbocycles. The normalized spacial score (nSPS) is 10.1. The zero-order chi connectivity index (χ0) is 12.3. The number of carbonyl (C=O) groups excluding carboxylic acids is 1. The van der Waals surface area contributed by atoms with E-state index in [0.29, 0.717) is 16.6 Å². The minimum atomic E-state index is -0.512. The van der Waals surface area contributed by atoms with E-state index in [1.54, 1.807) is 18.2 Å². The molecule has 6 heteroatoms. The van der Waals surface area contributed by atoms with Gasteiger partial charge >= 0.3 is 5.97 Å². The summed E-state index contributed by atoms with van der Waals surface area (Å²) in [5.41, 5.74) is 2.11. The van der Waals surface area contributed by atoms with Crippen molar-refractivity contribution in [1.29, 1.82) is 0 Å². The number of benzene rings is 1. The van der Waals surface area contributed by atoms with Gasteiger partial charge < -0.3 is 4.74 Å². The van der Waals surface area contributed by atoms with Crippen molar-refractivity contribution in [2.45, 2.75) is 0 Å². The molecule has 1 N–H and O–H groups in total. The van der Waals surface area contributed by atoms with Crippen molar-refractivity contribution >= 4 is 40.2 Å². The van der Waals surface area contributed by atoms with Gasteiger partial charge in [-0.1, -0.05) is 30.9 Å². The third-order valence-electron chi connectivity index (χ3n) is 2.20. The Kier molecular flexibility index (Phi) is 3.24. The highest BCUT2D eigenvalue weighted by Crippen LogP contribution is 2.21. The molecule has 5 nitrogen and oxygen atoms in total. The van der Waals surface area contributed by atoms with Crippen molar-refractivity contribution in [2.24, 2.45) is 0 Å². The van der Waals surface area contributed by atoms with Gasteiger partial charge in [0, 0.05) is 10.9 Å². The molecule has 17 heavy (non-hydrogen) atoms. The molecule has 0 saturated heterocycles. The molecule has 0 aliphatic rings. The molecule has 0 fully saturated rings. The largest absolute Gasteiger partial charge is 0.457 e. The lowest BCUT2D eigenvalue weighted by atomic mass is 10.1. The molecule has 0 atom stereocenters. The first-order valence-electron chi connectivity index (χ1n) is 4.83. The maximum atomic E-state index is 11.6. The average molecular weight is 247 g/mol. The number of fused-ring (bicyclic) bond motifs is 1. The first-order valence-corrected chi connectivity index (χ1v) is 5.30. The standard InChI is InChI=1S/C11H9N3O2S/c1-7(11(15)16-5-6-17)8-3-2-4-9-10(8)13-14-12-9/h2-4,6H,1,5H2,(H,12,13,14). The number of para-hydroxylation sites is 1. The molecule has 1 aromatic carbocycles. The number of H-pyrrole nitrogens is 1. The van der Waals surface area contributed by atoms with E-state index in [0.717, 1.165) is 0 Å². The third-order valence-corrected chi connectivity index (χ3v) is 2.34. The minimum Gasteiger partial charge on any atom is -0.457 e. The van der Waals surface area contributed by atoms with Crippen LogP contribution >= 0.6 is 12.2 Å². The summed E-state index contributed by atoms with van der Waals surface area (Å²) in [5, 5.41) is 11.7. The number of aromatic nitrogens is 3. The topological polar surface area (TPSA) is 67.9 Å². The summed E-state index contributed by atoms with van der Waals surface area (Å²) in [6, 6.07) is 5.31. The number of ether oxygens (including phenoxy) is 1. The van der Waals surface area contributed by atoms with E-state index in [2.05, 4.69) is 34.2 Å². The van der Waals surface area contributed by atoms with Crippen molar-refractivity contribution in [1.82, 2.24) is 15.4 Å². The molecule has 0 bridgehead atoms. The highest BCUT2D eigenvalue weighted by Gasteiger charge is 2.15. The number of thiocarbonyl (C=S) groups is 1. The van der Waals surface area contributed by atoms with Crippen LogP contribution in [-0.2, 0) is 9.53 Å². The second kappa shape index (κ2) is 4.84. The highest BCUT2D eigenvalue weighted by molar-refractivity contribution is 7.79. The smallest absolute Gasteiger partial charge is 0.338 e. The van der Waals surface area contributed by atoms with Crippen molar-refractivity contribution in [3.05, 3.63) is 30.3 Å². The maximum absolute atomic E-state index is 11.6. The summed E-state index contributed by atoms with van der Waals surface area (Å²) in [5.74, 6) is -0.512. The van der Waals surface area contributed by atoms with Gasteiger partial charge in [-0.25, -0.2) is 4.79 Å². The Morgan fingerprint density at radius 3 is 3.12 bits per heavy atom. The Balaban J connectivity index is 2.33. The van der Waals surface area contributed by atoms with E-state index in [4.69, 9.17) is 4.74 Å². The van der Waals surface area contributed by atoms with Crippen LogP contribution in [0.2, 0.25) is 0 Å². The lowest BCUT2D eigenvalue weighted by Crippen LogP contribution is -2.08. The lowest BCUT2D eigenvalue weighted by molar-refractivity contribution is -0.134. The molecular weight excluding hydrogens is 238 g/mol. The Bertz CT molecular complexity index is 591. The molecular formula is C11H9N3O2S. The molecule has 1 aromatic heterocycles.